The Morgan fingerprint density at radius 1 is 1.40 bits per heavy atom. The van der Waals surface area contributed by atoms with Gasteiger partial charge in [-0.05, 0) is 12.1 Å². The summed E-state index contributed by atoms with van der Waals surface area (Å²) in [5, 5.41) is 4.06. The first-order valence-electron chi connectivity index (χ1n) is 6.19. The molecule has 3 rings (SSSR count). The van der Waals surface area contributed by atoms with Crippen molar-refractivity contribution in [2.24, 2.45) is 0 Å². The number of aromatic nitrogens is 3. The highest BCUT2D eigenvalue weighted by atomic mass is 32.2. The molecular weight excluding hydrogens is 280 g/mol. The maximum atomic E-state index is 12.6. The van der Waals surface area contributed by atoms with Crippen molar-refractivity contribution in [1.82, 2.24) is 14.8 Å². The van der Waals surface area contributed by atoms with Crippen molar-refractivity contribution in [1.29, 1.82) is 0 Å². The topological polar surface area (TPSA) is 77.3 Å². The minimum absolute atomic E-state index is 0.0744. The number of pyridine rings is 1. The number of ether oxygens (including phenoxy) is 1. The van der Waals surface area contributed by atoms with Crippen LogP contribution in [0.1, 0.15) is 6.42 Å². The number of sulfonamides is 1. The average molecular weight is 294 g/mol. The summed E-state index contributed by atoms with van der Waals surface area (Å²) in [5.74, 6) is 0.655. The van der Waals surface area contributed by atoms with Crippen LogP contribution in [0.4, 0.5) is 5.82 Å². The maximum absolute atomic E-state index is 12.6. The lowest BCUT2D eigenvalue weighted by Crippen LogP contribution is -2.28. The monoisotopic (exact) mass is 294 g/mol. The molecule has 0 aromatic carbocycles. The summed E-state index contributed by atoms with van der Waals surface area (Å²) in [5.41, 5.74) is 0. The average Bonchev–Trinajstić information content (AvgIpc) is 2.92. The van der Waals surface area contributed by atoms with Crippen LogP contribution in [0.5, 0.6) is 5.88 Å². The molecule has 7 nitrogen and oxygen atoms in total. The van der Waals surface area contributed by atoms with Crippen molar-refractivity contribution in [2.45, 2.75) is 17.9 Å². The molecule has 0 spiro atoms. The summed E-state index contributed by atoms with van der Waals surface area (Å²) in [6, 6.07) is 5.10. The van der Waals surface area contributed by atoms with Gasteiger partial charge < -0.3 is 4.74 Å². The number of anilines is 1. The van der Waals surface area contributed by atoms with E-state index in [1.54, 1.807) is 29.1 Å². The predicted octanol–water partition coefficient (Wildman–Crippen LogP) is 0.886. The molecule has 2 aromatic rings. The van der Waals surface area contributed by atoms with E-state index in [1.807, 2.05) is 0 Å². The number of fused-ring (bicyclic) bond motifs is 1. The minimum atomic E-state index is -3.73. The largest absolute Gasteiger partial charge is 0.477 e. The van der Waals surface area contributed by atoms with Crippen LogP contribution in [0.2, 0.25) is 0 Å². The van der Waals surface area contributed by atoms with E-state index >= 15 is 0 Å². The molecule has 0 fully saturated rings. The number of hydrogen-bond donors (Lipinski definition) is 0. The number of rotatable bonds is 3. The van der Waals surface area contributed by atoms with Crippen molar-refractivity contribution in [3.05, 3.63) is 30.6 Å². The lowest BCUT2D eigenvalue weighted by Gasteiger charge is -2.20. The molecule has 0 radical (unpaired) electrons. The van der Waals surface area contributed by atoms with Gasteiger partial charge in [-0.3, -0.25) is 4.31 Å². The van der Waals surface area contributed by atoms with Gasteiger partial charge in [0.2, 0.25) is 5.88 Å². The molecular formula is C12H14N4O3S. The molecule has 0 aliphatic carbocycles. The molecule has 8 heteroatoms. The van der Waals surface area contributed by atoms with Crippen LogP contribution in [0.25, 0.3) is 0 Å². The fourth-order valence-electron chi connectivity index (χ4n) is 2.03. The van der Waals surface area contributed by atoms with E-state index in [0.717, 1.165) is 10.7 Å². The lowest BCUT2D eigenvalue weighted by atomic mass is 10.4. The first-order chi connectivity index (χ1) is 9.60. The third-order valence-electron chi connectivity index (χ3n) is 3.12. The summed E-state index contributed by atoms with van der Waals surface area (Å²) < 4.78 is 33.4. The van der Waals surface area contributed by atoms with Crippen molar-refractivity contribution in [3.8, 4) is 5.88 Å². The Bertz CT molecular complexity index is 712. The molecule has 0 N–H and O–H groups in total. The standard InChI is InChI=1S/C12H14N4O3S/c1-15(11-5-2-3-6-13-11)20(17,18)10-9-14-16-7-4-8-19-12(10)16/h2-3,5-6,9H,4,7-8H2,1H3. The molecule has 0 saturated carbocycles. The molecule has 0 amide bonds. The van der Waals surface area contributed by atoms with Gasteiger partial charge in [-0.25, -0.2) is 18.1 Å². The van der Waals surface area contributed by atoms with Crippen LogP contribution in [0.3, 0.4) is 0 Å². The summed E-state index contributed by atoms with van der Waals surface area (Å²) in [6.07, 6.45) is 3.70. The Morgan fingerprint density at radius 2 is 2.25 bits per heavy atom. The van der Waals surface area contributed by atoms with Crippen LogP contribution in [-0.2, 0) is 16.6 Å². The predicted molar refractivity (Wildman–Crippen MR) is 72.2 cm³/mol. The van der Waals surface area contributed by atoms with Gasteiger partial charge in [-0.2, -0.15) is 5.10 Å². The Morgan fingerprint density at radius 3 is 3.00 bits per heavy atom. The summed E-state index contributed by atoms with van der Waals surface area (Å²) >= 11 is 0. The number of hydrogen-bond acceptors (Lipinski definition) is 5. The zero-order chi connectivity index (χ0) is 14.2. The van der Waals surface area contributed by atoms with E-state index in [2.05, 4.69) is 10.1 Å². The van der Waals surface area contributed by atoms with Gasteiger partial charge in [-0.1, -0.05) is 6.07 Å². The summed E-state index contributed by atoms with van der Waals surface area (Å²) in [7, 11) is -2.26. The van der Waals surface area contributed by atoms with Gasteiger partial charge >= 0.3 is 0 Å². The van der Waals surface area contributed by atoms with Crippen molar-refractivity contribution >= 4 is 15.8 Å². The molecule has 0 atom stereocenters. The minimum Gasteiger partial charge on any atom is -0.477 e. The molecule has 1 aliphatic heterocycles. The molecule has 106 valence electrons. The SMILES string of the molecule is CN(c1ccccn1)S(=O)(=O)c1cnn2c1OCCC2. The zero-order valence-corrected chi connectivity index (χ0v) is 11.7. The second-order valence-corrected chi connectivity index (χ2v) is 6.34. The zero-order valence-electron chi connectivity index (χ0n) is 10.9. The van der Waals surface area contributed by atoms with Gasteiger partial charge in [0.05, 0.1) is 12.8 Å². The lowest BCUT2D eigenvalue weighted by molar-refractivity contribution is 0.224. The van der Waals surface area contributed by atoms with Crippen molar-refractivity contribution in [2.75, 3.05) is 18.0 Å². The third-order valence-corrected chi connectivity index (χ3v) is 4.87. The Hall–Kier alpha value is -2.09. The maximum Gasteiger partial charge on any atom is 0.272 e. The van der Waals surface area contributed by atoms with Crippen LogP contribution in [-0.4, -0.2) is 36.8 Å². The van der Waals surface area contributed by atoms with Crippen LogP contribution >= 0.6 is 0 Å². The quantitative estimate of drug-likeness (QED) is 0.840. The molecule has 0 saturated heterocycles. The molecule has 2 aromatic heterocycles. The van der Waals surface area contributed by atoms with Gasteiger partial charge in [-0.15, -0.1) is 0 Å². The fraction of sp³-hybridized carbons (Fsp3) is 0.333. The van der Waals surface area contributed by atoms with E-state index in [0.29, 0.717) is 24.8 Å². The van der Waals surface area contributed by atoms with E-state index in [1.165, 1.54) is 13.2 Å². The first kappa shape index (κ1) is 12.9. The van der Waals surface area contributed by atoms with Crippen LogP contribution in [0.15, 0.2) is 35.5 Å². The van der Waals surface area contributed by atoms with Crippen LogP contribution < -0.4 is 9.04 Å². The van der Waals surface area contributed by atoms with Gasteiger partial charge in [0, 0.05) is 26.2 Å². The smallest absolute Gasteiger partial charge is 0.272 e. The summed E-state index contributed by atoms with van der Waals surface area (Å²) in [4.78, 5) is 4.12. The van der Waals surface area contributed by atoms with Crippen molar-refractivity contribution in [3.63, 3.8) is 0 Å². The van der Waals surface area contributed by atoms with Gasteiger partial charge in [0.15, 0.2) is 4.90 Å². The van der Waals surface area contributed by atoms with Gasteiger partial charge in [0.1, 0.15) is 5.82 Å². The molecule has 0 bridgehead atoms. The van der Waals surface area contributed by atoms with Gasteiger partial charge in [0.25, 0.3) is 10.0 Å². The van der Waals surface area contributed by atoms with E-state index in [4.69, 9.17) is 4.74 Å². The van der Waals surface area contributed by atoms with Crippen molar-refractivity contribution < 1.29 is 13.2 Å². The Kier molecular flexibility index (Phi) is 3.09. The second-order valence-electron chi connectivity index (χ2n) is 4.40. The summed E-state index contributed by atoms with van der Waals surface area (Å²) in [6.45, 7) is 1.17. The second kappa shape index (κ2) is 4.78. The fourth-order valence-corrected chi connectivity index (χ4v) is 3.25. The highest BCUT2D eigenvalue weighted by Gasteiger charge is 2.30. The Labute approximate surface area is 116 Å². The normalized spacial score (nSPS) is 14.4. The van der Waals surface area contributed by atoms with E-state index in [-0.39, 0.29) is 4.90 Å². The van der Waals surface area contributed by atoms with E-state index < -0.39 is 10.0 Å². The van der Waals surface area contributed by atoms with E-state index in [9.17, 15) is 8.42 Å². The molecule has 3 heterocycles. The highest BCUT2D eigenvalue weighted by Crippen LogP contribution is 2.30. The third kappa shape index (κ3) is 2.01. The molecule has 1 aliphatic rings. The highest BCUT2D eigenvalue weighted by molar-refractivity contribution is 7.92. The first-order valence-corrected chi connectivity index (χ1v) is 7.63. The molecule has 0 unspecified atom stereocenters. The molecule has 20 heavy (non-hydrogen) atoms. The van der Waals surface area contributed by atoms with Crippen LogP contribution in [0, 0.1) is 0 Å². The Balaban J connectivity index is 2.02. The number of aryl methyl sites for hydroxylation is 1. The number of nitrogens with zero attached hydrogens (tertiary/aromatic N) is 4.